The second-order valence-electron chi connectivity index (χ2n) is 4.58. The molecule has 1 atom stereocenters. The molecule has 0 saturated heterocycles. The van der Waals surface area contributed by atoms with E-state index in [1.54, 1.807) is 0 Å². The third-order valence-electron chi connectivity index (χ3n) is 3.01. The van der Waals surface area contributed by atoms with Crippen LogP contribution in [0.4, 0.5) is 11.4 Å². The zero-order chi connectivity index (χ0) is 15.4. The lowest BCUT2D eigenvalue weighted by molar-refractivity contribution is -0.383. The fourth-order valence-electron chi connectivity index (χ4n) is 2.12. The first kappa shape index (κ1) is 14.7. The molecule has 21 heavy (non-hydrogen) atoms. The van der Waals surface area contributed by atoms with Gasteiger partial charge in [0, 0.05) is 12.1 Å². The van der Waals surface area contributed by atoms with Crippen LogP contribution in [0.25, 0.3) is 11.0 Å². The van der Waals surface area contributed by atoms with Gasteiger partial charge in [0.25, 0.3) is 0 Å². The van der Waals surface area contributed by atoms with Gasteiger partial charge in [-0.15, -0.1) is 0 Å². The smallest absolute Gasteiger partial charge is 0.305 e. The highest BCUT2D eigenvalue weighted by Gasteiger charge is 2.21. The molecular weight excluding hydrogens is 280 g/mol. The van der Waals surface area contributed by atoms with Gasteiger partial charge in [-0.3, -0.25) is 14.9 Å². The number of carbonyl (C=O) groups is 1. The molecule has 0 aliphatic rings. The van der Waals surface area contributed by atoms with Crippen molar-refractivity contribution >= 4 is 28.4 Å². The first-order chi connectivity index (χ1) is 10.0. The van der Waals surface area contributed by atoms with Gasteiger partial charge >= 0.3 is 11.7 Å². The molecule has 1 unspecified atom stereocenters. The predicted molar refractivity (Wildman–Crippen MR) is 73.0 cm³/mol. The lowest BCUT2D eigenvalue weighted by atomic mass is 10.1. The van der Waals surface area contributed by atoms with Gasteiger partial charge in [-0.05, 0) is 22.8 Å². The topological polar surface area (TPSA) is 131 Å². The Morgan fingerprint density at radius 1 is 1.48 bits per heavy atom. The summed E-state index contributed by atoms with van der Waals surface area (Å²) in [6, 6.07) is 2.47. The molecule has 1 aromatic carbocycles. The number of non-ortho nitro benzene ring substituents is 1. The monoisotopic (exact) mass is 294 g/mol. The molecule has 9 nitrogen and oxygen atoms in total. The SMILES string of the molecule is CCCC(CC(=O)O)Nc1ccc([N+](=O)[O-])c2nonc12. The second kappa shape index (κ2) is 6.16. The summed E-state index contributed by atoms with van der Waals surface area (Å²) >= 11 is 0. The molecule has 1 aromatic heterocycles. The first-order valence-corrected chi connectivity index (χ1v) is 6.41. The second-order valence-corrected chi connectivity index (χ2v) is 4.58. The lowest BCUT2D eigenvalue weighted by Crippen LogP contribution is -2.23. The van der Waals surface area contributed by atoms with E-state index in [2.05, 4.69) is 20.3 Å². The molecule has 0 aliphatic heterocycles. The Morgan fingerprint density at radius 2 is 2.19 bits per heavy atom. The van der Waals surface area contributed by atoms with Crippen LogP contribution in [0.3, 0.4) is 0 Å². The number of nitrogens with one attached hydrogen (secondary N) is 1. The highest BCUT2D eigenvalue weighted by atomic mass is 16.6. The van der Waals surface area contributed by atoms with Crippen molar-refractivity contribution in [3.63, 3.8) is 0 Å². The maximum absolute atomic E-state index is 10.9. The van der Waals surface area contributed by atoms with Gasteiger partial charge in [-0.1, -0.05) is 13.3 Å². The normalized spacial score (nSPS) is 12.2. The standard InChI is InChI=1S/C12H14N4O5/c1-2-3-7(6-10(17)18)13-8-4-5-9(16(19)20)12-11(8)14-21-15-12/h4-5,7,13H,2-3,6H2,1H3,(H,17,18). The maximum atomic E-state index is 10.9. The number of hydrogen-bond donors (Lipinski definition) is 2. The van der Waals surface area contributed by atoms with Crippen LogP contribution < -0.4 is 5.32 Å². The number of nitro groups is 1. The molecule has 9 heteroatoms. The van der Waals surface area contributed by atoms with Crippen molar-refractivity contribution in [2.75, 3.05) is 5.32 Å². The van der Waals surface area contributed by atoms with Crippen molar-refractivity contribution in [1.29, 1.82) is 0 Å². The number of aliphatic carboxylic acids is 1. The van der Waals surface area contributed by atoms with Crippen LogP contribution in [-0.4, -0.2) is 32.4 Å². The third-order valence-corrected chi connectivity index (χ3v) is 3.01. The van der Waals surface area contributed by atoms with Gasteiger partial charge in [0.15, 0.2) is 5.52 Å². The minimum atomic E-state index is -0.919. The van der Waals surface area contributed by atoms with Gasteiger partial charge in [0.2, 0.25) is 5.52 Å². The van der Waals surface area contributed by atoms with Crippen molar-refractivity contribution in [3.05, 3.63) is 22.2 Å². The Labute approximate surface area is 119 Å². The number of hydrogen-bond acceptors (Lipinski definition) is 7. The molecule has 0 amide bonds. The summed E-state index contributed by atoms with van der Waals surface area (Å²) in [4.78, 5) is 21.2. The number of fused-ring (bicyclic) bond motifs is 1. The molecule has 0 aliphatic carbocycles. The number of benzene rings is 1. The van der Waals surface area contributed by atoms with Crippen molar-refractivity contribution in [1.82, 2.24) is 10.3 Å². The Bertz CT molecular complexity index is 669. The van der Waals surface area contributed by atoms with Crippen LogP contribution in [0, 0.1) is 10.1 Å². The third kappa shape index (κ3) is 3.25. The predicted octanol–water partition coefficient (Wildman–Crippen LogP) is 2.19. The number of nitrogens with zero attached hydrogens (tertiary/aromatic N) is 3. The molecule has 112 valence electrons. The van der Waals surface area contributed by atoms with E-state index in [9.17, 15) is 14.9 Å². The van der Waals surface area contributed by atoms with E-state index < -0.39 is 10.9 Å². The van der Waals surface area contributed by atoms with Crippen molar-refractivity contribution < 1.29 is 19.5 Å². The van der Waals surface area contributed by atoms with E-state index in [1.165, 1.54) is 12.1 Å². The number of nitro benzene ring substituents is 1. The molecule has 2 rings (SSSR count). The van der Waals surface area contributed by atoms with Gasteiger partial charge in [0.05, 0.1) is 17.0 Å². The Hall–Kier alpha value is -2.71. The fourth-order valence-corrected chi connectivity index (χ4v) is 2.12. The van der Waals surface area contributed by atoms with Crippen molar-refractivity contribution in [2.45, 2.75) is 32.2 Å². The van der Waals surface area contributed by atoms with E-state index in [0.717, 1.165) is 6.42 Å². The highest BCUT2D eigenvalue weighted by Crippen LogP contribution is 2.29. The molecule has 1 heterocycles. The van der Waals surface area contributed by atoms with Crippen LogP contribution >= 0.6 is 0 Å². The van der Waals surface area contributed by atoms with Crippen LogP contribution in [-0.2, 0) is 4.79 Å². The van der Waals surface area contributed by atoms with E-state index in [4.69, 9.17) is 5.11 Å². The van der Waals surface area contributed by atoms with E-state index in [1.807, 2.05) is 6.92 Å². The molecule has 0 spiro atoms. The van der Waals surface area contributed by atoms with E-state index in [0.29, 0.717) is 12.1 Å². The van der Waals surface area contributed by atoms with Gasteiger partial charge in [0.1, 0.15) is 0 Å². The highest BCUT2D eigenvalue weighted by molar-refractivity contribution is 5.93. The summed E-state index contributed by atoms with van der Waals surface area (Å²) in [7, 11) is 0. The van der Waals surface area contributed by atoms with Gasteiger partial charge < -0.3 is 10.4 Å². The van der Waals surface area contributed by atoms with Gasteiger partial charge in [-0.25, -0.2) is 4.63 Å². The van der Waals surface area contributed by atoms with Crippen LogP contribution in [0.1, 0.15) is 26.2 Å². The zero-order valence-corrected chi connectivity index (χ0v) is 11.3. The first-order valence-electron chi connectivity index (χ1n) is 6.41. The number of carboxylic acid groups (broad SMARTS) is 1. The molecule has 2 N–H and O–H groups in total. The summed E-state index contributed by atoms with van der Waals surface area (Å²) in [5, 5.41) is 30.0. The largest absolute Gasteiger partial charge is 0.481 e. The Balaban J connectivity index is 2.33. The Morgan fingerprint density at radius 3 is 2.81 bits per heavy atom. The summed E-state index contributed by atoms with van der Waals surface area (Å²) in [6.07, 6.45) is 1.39. The average molecular weight is 294 g/mol. The quantitative estimate of drug-likeness (QED) is 0.586. The molecular formula is C12H14N4O5. The number of anilines is 1. The molecule has 0 saturated carbocycles. The summed E-state index contributed by atoms with van der Waals surface area (Å²) in [5.41, 5.74) is 0.518. The molecule has 0 bridgehead atoms. The van der Waals surface area contributed by atoms with E-state index in [-0.39, 0.29) is 29.2 Å². The van der Waals surface area contributed by atoms with Crippen LogP contribution in [0.5, 0.6) is 0 Å². The number of carboxylic acids is 1. The van der Waals surface area contributed by atoms with Crippen molar-refractivity contribution in [3.8, 4) is 0 Å². The minimum Gasteiger partial charge on any atom is -0.481 e. The maximum Gasteiger partial charge on any atom is 0.305 e. The Kier molecular flexibility index (Phi) is 4.31. The number of rotatable bonds is 7. The zero-order valence-electron chi connectivity index (χ0n) is 11.3. The minimum absolute atomic E-state index is 0.0376. The molecule has 0 fully saturated rings. The molecule has 0 radical (unpaired) electrons. The lowest BCUT2D eigenvalue weighted by Gasteiger charge is -2.17. The summed E-state index contributed by atoms with van der Waals surface area (Å²) in [6.45, 7) is 1.94. The van der Waals surface area contributed by atoms with E-state index >= 15 is 0 Å². The van der Waals surface area contributed by atoms with Crippen LogP contribution in [0.2, 0.25) is 0 Å². The summed E-state index contributed by atoms with van der Waals surface area (Å²) in [5.74, 6) is -0.919. The fraction of sp³-hybridized carbons (Fsp3) is 0.417. The summed E-state index contributed by atoms with van der Waals surface area (Å²) < 4.78 is 4.56. The average Bonchev–Trinajstić information content (AvgIpc) is 2.87. The van der Waals surface area contributed by atoms with Gasteiger partial charge in [-0.2, -0.15) is 0 Å². The number of aromatic nitrogens is 2. The van der Waals surface area contributed by atoms with Crippen LogP contribution in [0.15, 0.2) is 16.8 Å². The van der Waals surface area contributed by atoms with Crippen molar-refractivity contribution in [2.24, 2.45) is 0 Å². The molecule has 2 aromatic rings.